The number of amides is 1. The van der Waals surface area contributed by atoms with Gasteiger partial charge in [0.2, 0.25) is 5.91 Å². The van der Waals surface area contributed by atoms with Gasteiger partial charge in [-0.1, -0.05) is 35.0 Å². The van der Waals surface area contributed by atoms with E-state index < -0.39 is 0 Å². The van der Waals surface area contributed by atoms with Gasteiger partial charge in [-0.3, -0.25) is 14.2 Å². The van der Waals surface area contributed by atoms with Crippen LogP contribution in [0.15, 0.2) is 39.9 Å². The molecule has 4 rings (SSSR count). The van der Waals surface area contributed by atoms with Crippen LogP contribution in [0.1, 0.15) is 29.3 Å². The quantitative estimate of drug-likeness (QED) is 0.592. The summed E-state index contributed by atoms with van der Waals surface area (Å²) in [5.41, 5.74) is 2.10. The number of aromatic nitrogens is 2. The van der Waals surface area contributed by atoms with Crippen molar-refractivity contribution in [2.75, 3.05) is 7.05 Å². The number of benzene rings is 1. The number of nitrogens with zero attached hydrogens (tertiary/aromatic N) is 3. The molecular formula is C21H22BrN3O2S. The molecule has 3 aromatic rings. The van der Waals surface area contributed by atoms with Crippen LogP contribution >= 0.6 is 27.3 Å². The third-order valence-electron chi connectivity index (χ3n) is 5.35. The van der Waals surface area contributed by atoms with Crippen molar-refractivity contribution >= 4 is 43.4 Å². The van der Waals surface area contributed by atoms with Crippen LogP contribution in [-0.4, -0.2) is 27.4 Å². The van der Waals surface area contributed by atoms with Crippen molar-refractivity contribution in [2.24, 2.45) is 5.92 Å². The molecule has 0 spiro atoms. The second kappa shape index (κ2) is 7.79. The second-order valence-corrected chi connectivity index (χ2v) is 9.59. The van der Waals surface area contributed by atoms with Crippen LogP contribution in [0.2, 0.25) is 0 Å². The summed E-state index contributed by atoms with van der Waals surface area (Å²) in [5.74, 6) is 0.542. The number of rotatable bonds is 4. The Labute approximate surface area is 176 Å². The maximum Gasteiger partial charge on any atom is 0.262 e. The van der Waals surface area contributed by atoms with E-state index in [9.17, 15) is 9.59 Å². The van der Waals surface area contributed by atoms with Crippen molar-refractivity contribution in [3.05, 3.63) is 61.4 Å². The van der Waals surface area contributed by atoms with E-state index in [0.717, 1.165) is 45.1 Å². The minimum Gasteiger partial charge on any atom is -0.340 e. The molecule has 0 saturated heterocycles. The maximum atomic E-state index is 13.1. The SMILES string of the molecule is CC1CCc2c(sc3ncn(CC(=O)N(C)Cc4ccc(Br)cc4)c(=O)c23)C1. The molecule has 5 nitrogen and oxygen atoms in total. The van der Waals surface area contributed by atoms with Gasteiger partial charge >= 0.3 is 0 Å². The molecule has 1 aromatic carbocycles. The van der Waals surface area contributed by atoms with Crippen molar-refractivity contribution in [1.29, 1.82) is 0 Å². The van der Waals surface area contributed by atoms with Crippen molar-refractivity contribution in [1.82, 2.24) is 14.5 Å². The van der Waals surface area contributed by atoms with E-state index in [2.05, 4.69) is 27.8 Å². The van der Waals surface area contributed by atoms with E-state index in [-0.39, 0.29) is 18.0 Å². The standard InChI is InChI=1S/C21H22BrN3O2S/c1-13-3-8-16-17(9-13)28-20-19(16)21(27)25(12-23-20)11-18(26)24(2)10-14-4-6-15(22)7-5-14/h4-7,12-13H,3,8-11H2,1-2H3. The average Bonchev–Trinajstić information content (AvgIpc) is 3.03. The summed E-state index contributed by atoms with van der Waals surface area (Å²) in [4.78, 5) is 33.9. The number of likely N-dealkylation sites (N-methyl/N-ethyl adjacent to an activating group) is 1. The van der Waals surface area contributed by atoms with E-state index in [0.29, 0.717) is 12.5 Å². The number of fused-ring (bicyclic) bond motifs is 3. The molecule has 0 aliphatic heterocycles. The summed E-state index contributed by atoms with van der Waals surface area (Å²) in [6.07, 6.45) is 4.56. The fourth-order valence-corrected chi connectivity index (χ4v) is 5.30. The molecule has 2 heterocycles. The molecule has 146 valence electrons. The Morgan fingerprint density at radius 2 is 2.11 bits per heavy atom. The highest BCUT2D eigenvalue weighted by Crippen LogP contribution is 2.35. The number of carbonyl (C=O) groups is 1. The lowest BCUT2D eigenvalue weighted by Gasteiger charge is -2.18. The first-order valence-electron chi connectivity index (χ1n) is 9.40. The van der Waals surface area contributed by atoms with Crippen molar-refractivity contribution in [3.8, 4) is 0 Å². The zero-order chi connectivity index (χ0) is 19.8. The van der Waals surface area contributed by atoms with Gasteiger partial charge in [0, 0.05) is 22.9 Å². The van der Waals surface area contributed by atoms with Gasteiger partial charge in [-0.05, 0) is 48.4 Å². The highest BCUT2D eigenvalue weighted by atomic mass is 79.9. The molecular weight excluding hydrogens is 438 g/mol. The monoisotopic (exact) mass is 459 g/mol. The van der Waals surface area contributed by atoms with Crippen LogP contribution < -0.4 is 5.56 Å². The summed E-state index contributed by atoms with van der Waals surface area (Å²) < 4.78 is 2.46. The molecule has 0 bridgehead atoms. The molecule has 0 fully saturated rings. The van der Waals surface area contributed by atoms with Crippen LogP contribution in [0.5, 0.6) is 0 Å². The topological polar surface area (TPSA) is 55.2 Å². The number of carbonyl (C=O) groups excluding carboxylic acids is 1. The molecule has 2 aromatic heterocycles. The van der Waals surface area contributed by atoms with Crippen LogP contribution in [0.25, 0.3) is 10.2 Å². The van der Waals surface area contributed by atoms with Gasteiger partial charge in [0.15, 0.2) is 0 Å². The van der Waals surface area contributed by atoms with Gasteiger partial charge in [-0.2, -0.15) is 0 Å². The summed E-state index contributed by atoms with van der Waals surface area (Å²) in [5, 5.41) is 0.720. The summed E-state index contributed by atoms with van der Waals surface area (Å²) in [7, 11) is 1.76. The predicted octanol–water partition coefficient (Wildman–Crippen LogP) is 4.00. The zero-order valence-corrected chi connectivity index (χ0v) is 18.3. The Morgan fingerprint density at radius 3 is 2.86 bits per heavy atom. The minimum absolute atomic E-state index is 0.00975. The number of halogens is 1. The molecule has 0 N–H and O–H groups in total. The smallest absolute Gasteiger partial charge is 0.262 e. The van der Waals surface area contributed by atoms with E-state index in [1.165, 1.54) is 15.8 Å². The molecule has 0 radical (unpaired) electrons. The van der Waals surface area contributed by atoms with Gasteiger partial charge < -0.3 is 4.90 Å². The highest BCUT2D eigenvalue weighted by Gasteiger charge is 2.23. The summed E-state index contributed by atoms with van der Waals surface area (Å²) in [6.45, 7) is 2.76. The Kier molecular flexibility index (Phi) is 5.38. The fraction of sp³-hybridized carbons (Fsp3) is 0.381. The molecule has 28 heavy (non-hydrogen) atoms. The van der Waals surface area contributed by atoms with E-state index >= 15 is 0 Å². The highest BCUT2D eigenvalue weighted by molar-refractivity contribution is 9.10. The fourth-order valence-electron chi connectivity index (χ4n) is 3.70. The Morgan fingerprint density at radius 1 is 1.36 bits per heavy atom. The van der Waals surface area contributed by atoms with Gasteiger partial charge in [-0.15, -0.1) is 11.3 Å². The summed E-state index contributed by atoms with van der Waals surface area (Å²) >= 11 is 5.04. The maximum absolute atomic E-state index is 13.1. The van der Waals surface area contributed by atoms with Crippen LogP contribution in [0.3, 0.4) is 0 Å². The molecule has 1 amide bonds. The first kappa shape index (κ1) is 19.3. The summed E-state index contributed by atoms with van der Waals surface area (Å²) in [6, 6.07) is 7.87. The zero-order valence-electron chi connectivity index (χ0n) is 15.9. The van der Waals surface area contributed by atoms with Gasteiger partial charge in [0.05, 0.1) is 11.7 Å². The van der Waals surface area contributed by atoms with Crippen LogP contribution in [0.4, 0.5) is 0 Å². The van der Waals surface area contributed by atoms with Crippen molar-refractivity contribution in [3.63, 3.8) is 0 Å². The average molecular weight is 460 g/mol. The van der Waals surface area contributed by atoms with Crippen LogP contribution in [-0.2, 0) is 30.7 Å². The number of aryl methyl sites for hydroxylation is 1. The van der Waals surface area contributed by atoms with E-state index in [4.69, 9.17) is 0 Å². The van der Waals surface area contributed by atoms with E-state index in [1.807, 2.05) is 24.3 Å². The molecule has 1 unspecified atom stereocenters. The lowest BCUT2D eigenvalue weighted by atomic mass is 9.89. The first-order chi connectivity index (χ1) is 13.4. The molecule has 1 aliphatic carbocycles. The number of hydrogen-bond donors (Lipinski definition) is 0. The minimum atomic E-state index is -0.108. The third-order valence-corrected chi connectivity index (χ3v) is 7.04. The second-order valence-electron chi connectivity index (χ2n) is 7.59. The van der Waals surface area contributed by atoms with Gasteiger partial charge in [0.1, 0.15) is 11.4 Å². The van der Waals surface area contributed by atoms with Gasteiger partial charge in [0.25, 0.3) is 5.56 Å². The Bertz CT molecular complexity index is 1090. The Balaban J connectivity index is 1.55. The molecule has 7 heteroatoms. The van der Waals surface area contributed by atoms with Crippen molar-refractivity contribution < 1.29 is 4.79 Å². The normalized spacial score (nSPS) is 16.2. The van der Waals surface area contributed by atoms with Crippen molar-refractivity contribution in [2.45, 2.75) is 39.3 Å². The van der Waals surface area contributed by atoms with E-state index in [1.54, 1.807) is 23.3 Å². The number of hydrogen-bond acceptors (Lipinski definition) is 4. The Hall–Kier alpha value is -1.99. The number of thiophene rings is 1. The molecule has 1 aliphatic rings. The van der Waals surface area contributed by atoms with Gasteiger partial charge in [-0.25, -0.2) is 4.98 Å². The largest absolute Gasteiger partial charge is 0.340 e. The molecule has 1 atom stereocenters. The third kappa shape index (κ3) is 3.78. The lowest BCUT2D eigenvalue weighted by Crippen LogP contribution is -2.33. The first-order valence-corrected chi connectivity index (χ1v) is 11.0. The predicted molar refractivity (Wildman–Crippen MR) is 116 cm³/mol. The molecule has 0 saturated carbocycles. The van der Waals surface area contributed by atoms with Crippen LogP contribution in [0, 0.1) is 5.92 Å². The lowest BCUT2D eigenvalue weighted by molar-refractivity contribution is -0.131.